The van der Waals surface area contributed by atoms with Crippen molar-refractivity contribution in [3.63, 3.8) is 0 Å². The van der Waals surface area contributed by atoms with Crippen LogP contribution in [0.15, 0.2) is 97.1 Å². The third-order valence-corrected chi connectivity index (χ3v) is 6.24. The number of amides is 1. The molecule has 0 atom stereocenters. The van der Waals surface area contributed by atoms with Gasteiger partial charge in [-0.25, -0.2) is 4.39 Å². The number of esters is 1. The van der Waals surface area contributed by atoms with Gasteiger partial charge in [0.2, 0.25) is 5.88 Å². The van der Waals surface area contributed by atoms with E-state index in [4.69, 9.17) is 21.4 Å². The molecule has 0 saturated heterocycles. The van der Waals surface area contributed by atoms with Crippen LogP contribution in [0.2, 0.25) is 5.02 Å². The average Bonchev–Trinajstić information content (AvgIpc) is 3.28. The Bertz CT molecular complexity index is 1660. The zero-order valence-electron chi connectivity index (χ0n) is 21.1. The van der Waals surface area contributed by atoms with Crippen molar-refractivity contribution in [2.24, 2.45) is 0 Å². The SMILES string of the molecule is CC(=O)Oc1c(-c2ccc(NC(=O)c3ccc(Cl)cc3)cc2)c(-c2cccc(C)c2)nn1-c1ccc(F)cc1. The van der Waals surface area contributed by atoms with Crippen LogP contribution >= 0.6 is 11.6 Å². The number of halogens is 2. The van der Waals surface area contributed by atoms with Gasteiger partial charge in [0.15, 0.2) is 0 Å². The van der Waals surface area contributed by atoms with Gasteiger partial charge in [-0.1, -0.05) is 47.5 Å². The first-order valence-electron chi connectivity index (χ1n) is 12.1. The summed E-state index contributed by atoms with van der Waals surface area (Å²) in [7, 11) is 0. The van der Waals surface area contributed by atoms with Crippen molar-refractivity contribution in [2.75, 3.05) is 5.32 Å². The zero-order chi connectivity index (χ0) is 27.5. The first-order chi connectivity index (χ1) is 18.8. The smallest absolute Gasteiger partial charge is 0.309 e. The Labute approximate surface area is 229 Å². The van der Waals surface area contributed by atoms with Crippen LogP contribution in [0.4, 0.5) is 10.1 Å². The van der Waals surface area contributed by atoms with Gasteiger partial charge < -0.3 is 10.1 Å². The van der Waals surface area contributed by atoms with Crippen molar-refractivity contribution in [3.05, 3.63) is 119 Å². The number of nitrogens with zero attached hydrogens (tertiary/aromatic N) is 2. The summed E-state index contributed by atoms with van der Waals surface area (Å²) < 4.78 is 20.9. The summed E-state index contributed by atoms with van der Waals surface area (Å²) in [6.45, 7) is 3.29. The number of anilines is 1. The third-order valence-electron chi connectivity index (χ3n) is 5.98. The van der Waals surface area contributed by atoms with Gasteiger partial charge in [0.1, 0.15) is 11.5 Å². The molecule has 5 rings (SSSR count). The van der Waals surface area contributed by atoms with Crippen molar-refractivity contribution < 1.29 is 18.7 Å². The number of benzene rings is 4. The van der Waals surface area contributed by atoms with Crippen molar-refractivity contribution in [3.8, 4) is 34.0 Å². The molecule has 0 unspecified atom stereocenters. The molecule has 0 bridgehead atoms. The molecule has 0 aliphatic carbocycles. The van der Waals surface area contributed by atoms with Gasteiger partial charge in [0.25, 0.3) is 5.91 Å². The zero-order valence-corrected chi connectivity index (χ0v) is 21.9. The summed E-state index contributed by atoms with van der Waals surface area (Å²) in [5.41, 5.74) is 5.30. The van der Waals surface area contributed by atoms with E-state index in [1.54, 1.807) is 48.5 Å². The van der Waals surface area contributed by atoms with Gasteiger partial charge in [0, 0.05) is 28.8 Å². The summed E-state index contributed by atoms with van der Waals surface area (Å²) in [4.78, 5) is 24.8. The standard InChI is InChI=1S/C31H23ClFN3O3/c1-19-4-3-5-23(18-19)29-28(31(39-20(2)37)36(35-29)27-16-12-25(33)13-17-27)21-8-14-26(15-9-21)34-30(38)22-6-10-24(32)11-7-22/h3-18H,1-2H3,(H,34,38). The normalized spacial score (nSPS) is 10.8. The first-order valence-corrected chi connectivity index (χ1v) is 12.5. The highest BCUT2D eigenvalue weighted by atomic mass is 35.5. The molecule has 39 heavy (non-hydrogen) atoms. The molecule has 0 aliphatic rings. The second-order valence-corrected chi connectivity index (χ2v) is 9.35. The minimum absolute atomic E-state index is 0.198. The fraction of sp³-hybridized carbons (Fsp3) is 0.0645. The van der Waals surface area contributed by atoms with Gasteiger partial charge in [-0.15, -0.1) is 0 Å². The number of ether oxygens (including phenoxy) is 1. The molecule has 1 aromatic heterocycles. The number of hydrogen-bond donors (Lipinski definition) is 1. The van der Waals surface area contributed by atoms with Gasteiger partial charge >= 0.3 is 5.97 Å². The lowest BCUT2D eigenvalue weighted by molar-refractivity contribution is -0.132. The van der Waals surface area contributed by atoms with E-state index in [-0.39, 0.29) is 11.8 Å². The van der Waals surface area contributed by atoms with Crippen LogP contribution in [0.1, 0.15) is 22.8 Å². The highest BCUT2D eigenvalue weighted by Crippen LogP contribution is 2.41. The largest absolute Gasteiger partial charge is 0.407 e. The lowest BCUT2D eigenvalue weighted by atomic mass is 10.00. The molecule has 1 heterocycles. The maximum atomic E-state index is 13.7. The van der Waals surface area contributed by atoms with Gasteiger partial charge in [-0.3, -0.25) is 9.59 Å². The van der Waals surface area contributed by atoms with E-state index >= 15 is 0 Å². The summed E-state index contributed by atoms with van der Waals surface area (Å²) >= 11 is 5.92. The molecule has 194 valence electrons. The maximum absolute atomic E-state index is 13.7. The molecule has 0 radical (unpaired) electrons. The number of aryl methyl sites for hydroxylation is 1. The molecule has 8 heteroatoms. The molecule has 5 aromatic rings. The highest BCUT2D eigenvalue weighted by molar-refractivity contribution is 6.30. The van der Waals surface area contributed by atoms with Crippen molar-refractivity contribution in [2.45, 2.75) is 13.8 Å². The number of rotatable bonds is 6. The van der Waals surface area contributed by atoms with Crippen LogP contribution < -0.4 is 10.1 Å². The summed E-state index contributed by atoms with van der Waals surface area (Å²) in [6, 6.07) is 27.3. The van der Waals surface area contributed by atoms with Crippen LogP contribution in [0.5, 0.6) is 5.88 Å². The van der Waals surface area contributed by atoms with Gasteiger partial charge in [-0.05, 0) is 79.2 Å². The number of carbonyl (C=O) groups excluding carboxylic acids is 2. The van der Waals surface area contributed by atoms with Gasteiger partial charge in [-0.2, -0.15) is 9.78 Å². The Kier molecular flexibility index (Phi) is 7.25. The van der Waals surface area contributed by atoms with E-state index in [0.717, 1.165) is 11.1 Å². The number of aromatic nitrogens is 2. The molecule has 0 spiro atoms. The lowest BCUT2D eigenvalue weighted by Gasteiger charge is -2.11. The van der Waals surface area contributed by atoms with Crippen LogP contribution in [-0.2, 0) is 4.79 Å². The summed E-state index contributed by atoms with van der Waals surface area (Å²) in [5, 5.41) is 8.22. The van der Waals surface area contributed by atoms with E-state index in [1.165, 1.54) is 23.7 Å². The number of carbonyl (C=O) groups is 2. The predicted molar refractivity (Wildman–Crippen MR) is 150 cm³/mol. The molecule has 6 nitrogen and oxygen atoms in total. The topological polar surface area (TPSA) is 73.2 Å². The minimum atomic E-state index is -0.526. The monoisotopic (exact) mass is 539 g/mol. The molecule has 0 saturated carbocycles. The van der Waals surface area contributed by atoms with Crippen LogP contribution in [0, 0.1) is 12.7 Å². The van der Waals surface area contributed by atoms with Crippen molar-refractivity contribution in [1.82, 2.24) is 9.78 Å². The number of hydrogen-bond acceptors (Lipinski definition) is 4. The molecule has 0 aliphatic heterocycles. The Morgan fingerprint density at radius 1 is 0.897 bits per heavy atom. The quantitative estimate of drug-likeness (QED) is 0.227. The van der Waals surface area contributed by atoms with E-state index in [2.05, 4.69) is 5.32 Å². The van der Waals surface area contributed by atoms with Crippen LogP contribution in [0.25, 0.3) is 28.1 Å². The molecule has 0 fully saturated rings. The maximum Gasteiger partial charge on any atom is 0.309 e. The summed E-state index contributed by atoms with van der Waals surface area (Å²) in [6.07, 6.45) is 0. The van der Waals surface area contributed by atoms with E-state index in [0.29, 0.717) is 38.8 Å². The fourth-order valence-corrected chi connectivity index (χ4v) is 4.30. The second kappa shape index (κ2) is 10.9. The second-order valence-electron chi connectivity index (χ2n) is 8.92. The van der Waals surface area contributed by atoms with Gasteiger partial charge in [0.05, 0.1) is 11.3 Å². The first kappa shape index (κ1) is 25.9. The van der Waals surface area contributed by atoms with E-state index in [9.17, 15) is 14.0 Å². The van der Waals surface area contributed by atoms with Crippen LogP contribution in [0.3, 0.4) is 0 Å². The summed E-state index contributed by atoms with van der Waals surface area (Å²) in [5.74, 6) is -0.995. The van der Waals surface area contributed by atoms with Crippen LogP contribution in [-0.4, -0.2) is 21.7 Å². The lowest BCUT2D eigenvalue weighted by Crippen LogP contribution is -2.11. The van der Waals surface area contributed by atoms with Crippen molar-refractivity contribution in [1.29, 1.82) is 0 Å². The molecule has 1 N–H and O–H groups in total. The molecule has 1 amide bonds. The van der Waals surface area contributed by atoms with E-state index in [1.807, 2.05) is 43.3 Å². The third kappa shape index (κ3) is 5.73. The van der Waals surface area contributed by atoms with Crippen molar-refractivity contribution >= 4 is 29.2 Å². The Balaban J connectivity index is 1.60. The highest BCUT2D eigenvalue weighted by Gasteiger charge is 2.25. The average molecular weight is 540 g/mol. The molecular formula is C31H23ClFN3O3. The fourth-order valence-electron chi connectivity index (χ4n) is 4.17. The Morgan fingerprint density at radius 3 is 2.23 bits per heavy atom. The Hall–Kier alpha value is -4.75. The minimum Gasteiger partial charge on any atom is -0.407 e. The van der Waals surface area contributed by atoms with E-state index < -0.39 is 11.8 Å². The number of nitrogens with one attached hydrogen (secondary N) is 1. The molecule has 4 aromatic carbocycles. The Morgan fingerprint density at radius 2 is 1.59 bits per heavy atom. The predicted octanol–water partition coefficient (Wildman–Crippen LogP) is 7.48. The molecular weight excluding hydrogens is 517 g/mol.